The summed E-state index contributed by atoms with van der Waals surface area (Å²) in [5.74, 6) is 0. The van der Waals surface area contributed by atoms with E-state index in [1.165, 1.54) is 6.08 Å². The van der Waals surface area contributed by atoms with Crippen LogP contribution in [0.2, 0.25) is 0 Å². The third-order valence-electron chi connectivity index (χ3n) is 0.972. The van der Waals surface area contributed by atoms with E-state index in [0.29, 0.717) is 6.54 Å². The average molecular weight is 154 g/mol. The fraction of sp³-hybridized carbons (Fsp3) is 0.333. The van der Waals surface area contributed by atoms with Gasteiger partial charge in [0, 0.05) is 5.38 Å². The molecule has 1 aromatic rings. The monoisotopic (exact) mass is 154 g/mol. The highest BCUT2D eigenvalue weighted by atomic mass is 32.1. The number of nitrogens with zero attached hydrogens (tertiary/aromatic N) is 2. The highest BCUT2D eigenvalue weighted by Crippen LogP contribution is 2.07. The second-order valence-corrected chi connectivity index (χ2v) is 2.83. The number of aliphatic imine (C=N–C) groups is 1. The Bertz CT molecular complexity index is 262. The largest absolute Gasteiger partial charge is 0.245 e. The Morgan fingerprint density at radius 1 is 1.90 bits per heavy atom. The molecule has 0 aliphatic heterocycles. The molecule has 3 nitrogen and oxygen atoms in total. The highest BCUT2D eigenvalue weighted by molar-refractivity contribution is 7.09. The minimum Gasteiger partial charge on any atom is -0.245 e. The van der Waals surface area contributed by atoms with Gasteiger partial charge in [0.05, 0.1) is 17.2 Å². The van der Waals surface area contributed by atoms with Crippen LogP contribution in [0.15, 0.2) is 10.4 Å². The van der Waals surface area contributed by atoms with E-state index in [2.05, 4.69) is 9.98 Å². The van der Waals surface area contributed by atoms with E-state index in [4.69, 9.17) is 0 Å². The summed E-state index contributed by atoms with van der Waals surface area (Å²) in [5, 5.41) is 2.88. The molecule has 0 saturated carbocycles. The summed E-state index contributed by atoms with van der Waals surface area (Å²) in [7, 11) is 0. The SMILES string of the molecule is Cc1nc(CN=C=O)cs1. The topological polar surface area (TPSA) is 42.3 Å². The van der Waals surface area contributed by atoms with Crippen molar-refractivity contribution >= 4 is 17.4 Å². The summed E-state index contributed by atoms with van der Waals surface area (Å²) < 4.78 is 0. The first-order valence-corrected chi connectivity index (χ1v) is 3.65. The lowest BCUT2D eigenvalue weighted by atomic mass is 10.5. The Labute approximate surface area is 62.4 Å². The van der Waals surface area contributed by atoms with Gasteiger partial charge in [0.2, 0.25) is 6.08 Å². The van der Waals surface area contributed by atoms with Gasteiger partial charge in [0.25, 0.3) is 0 Å². The third-order valence-corrected chi connectivity index (χ3v) is 1.79. The molecular weight excluding hydrogens is 148 g/mol. The lowest BCUT2D eigenvalue weighted by molar-refractivity contribution is 0.562. The zero-order chi connectivity index (χ0) is 7.40. The predicted molar refractivity (Wildman–Crippen MR) is 38.7 cm³/mol. The van der Waals surface area contributed by atoms with Crippen LogP contribution in [0, 0.1) is 6.92 Å². The molecule has 0 fully saturated rings. The maximum absolute atomic E-state index is 9.67. The van der Waals surface area contributed by atoms with Crippen molar-refractivity contribution in [3.63, 3.8) is 0 Å². The number of isocyanates is 1. The van der Waals surface area contributed by atoms with E-state index < -0.39 is 0 Å². The van der Waals surface area contributed by atoms with Gasteiger partial charge in [-0.3, -0.25) is 0 Å². The first-order valence-electron chi connectivity index (χ1n) is 2.77. The van der Waals surface area contributed by atoms with Crippen LogP contribution in [0.1, 0.15) is 10.7 Å². The van der Waals surface area contributed by atoms with Crippen molar-refractivity contribution in [2.45, 2.75) is 13.5 Å². The molecule has 0 aliphatic rings. The average Bonchev–Trinajstić information content (AvgIpc) is 2.31. The Hall–Kier alpha value is -0.990. The van der Waals surface area contributed by atoms with Crippen LogP contribution in [0.25, 0.3) is 0 Å². The third kappa shape index (κ3) is 1.76. The van der Waals surface area contributed by atoms with E-state index in [1.54, 1.807) is 11.3 Å². The molecule has 0 saturated heterocycles. The molecular formula is C6H6N2OS. The molecule has 1 aromatic heterocycles. The van der Waals surface area contributed by atoms with Crippen molar-refractivity contribution in [1.82, 2.24) is 4.98 Å². The standard InChI is InChI=1S/C6H6N2OS/c1-5-8-6(3-10-5)2-7-4-9/h3H,2H2,1H3. The van der Waals surface area contributed by atoms with Crippen LogP contribution in [0.4, 0.5) is 0 Å². The van der Waals surface area contributed by atoms with Gasteiger partial charge in [0.1, 0.15) is 0 Å². The molecule has 52 valence electrons. The van der Waals surface area contributed by atoms with Crippen LogP contribution in [-0.2, 0) is 11.3 Å². The van der Waals surface area contributed by atoms with E-state index in [0.717, 1.165) is 10.7 Å². The van der Waals surface area contributed by atoms with E-state index in [-0.39, 0.29) is 0 Å². The van der Waals surface area contributed by atoms with Crippen LogP contribution >= 0.6 is 11.3 Å². The number of hydrogen-bond donors (Lipinski definition) is 0. The van der Waals surface area contributed by atoms with Crippen molar-refractivity contribution in [3.8, 4) is 0 Å². The summed E-state index contributed by atoms with van der Waals surface area (Å²) in [6.45, 7) is 2.27. The van der Waals surface area contributed by atoms with Gasteiger partial charge in [0.15, 0.2) is 0 Å². The number of aromatic nitrogens is 1. The lowest BCUT2D eigenvalue weighted by Gasteiger charge is -1.80. The first-order chi connectivity index (χ1) is 4.83. The van der Waals surface area contributed by atoms with Gasteiger partial charge in [-0.05, 0) is 6.92 Å². The normalized spacial score (nSPS) is 8.90. The van der Waals surface area contributed by atoms with Crippen LogP contribution in [0.3, 0.4) is 0 Å². The van der Waals surface area contributed by atoms with Crippen molar-refractivity contribution in [1.29, 1.82) is 0 Å². The molecule has 0 amide bonds. The van der Waals surface area contributed by atoms with Crippen LogP contribution in [0.5, 0.6) is 0 Å². The predicted octanol–water partition coefficient (Wildman–Crippen LogP) is 1.29. The van der Waals surface area contributed by atoms with E-state index >= 15 is 0 Å². The zero-order valence-electron chi connectivity index (χ0n) is 5.50. The first kappa shape index (κ1) is 7.12. The molecule has 0 unspecified atom stereocenters. The molecule has 0 radical (unpaired) electrons. The van der Waals surface area contributed by atoms with Gasteiger partial charge in [-0.15, -0.1) is 11.3 Å². The lowest BCUT2D eigenvalue weighted by Crippen LogP contribution is -1.79. The molecule has 0 N–H and O–H groups in total. The smallest absolute Gasteiger partial charge is 0.235 e. The van der Waals surface area contributed by atoms with Crippen molar-refractivity contribution < 1.29 is 4.79 Å². The summed E-state index contributed by atoms with van der Waals surface area (Å²) in [5.41, 5.74) is 0.839. The molecule has 10 heavy (non-hydrogen) atoms. The van der Waals surface area contributed by atoms with Crippen molar-refractivity contribution in [2.75, 3.05) is 0 Å². The molecule has 0 spiro atoms. The Morgan fingerprint density at radius 3 is 3.20 bits per heavy atom. The fourth-order valence-corrected chi connectivity index (χ4v) is 1.20. The van der Waals surface area contributed by atoms with E-state index in [1.807, 2.05) is 12.3 Å². The highest BCUT2D eigenvalue weighted by Gasteiger charge is 1.94. The summed E-state index contributed by atoms with van der Waals surface area (Å²) in [4.78, 5) is 17.2. The quantitative estimate of drug-likeness (QED) is 0.475. The van der Waals surface area contributed by atoms with Crippen molar-refractivity contribution in [3.05, 3.63) is 16.1 Å². The van der Waals surface area contributed by atoms with Gasteiger partial charge < -0.3 is 0 Å². The minimum absolute atomic E-state index is 0.355. The molecule has 4 heteroatoms. The van der Waals surface area contributed by atoms with Crippen LogP contribution in [-0.4, -0.2) is 11.1 Å². The molecule has 0 atom stereocenters. The number of rotatable bonds is 2. The number of carbonyl (C=O) groups excluding carboxylic acids is 1. The molecule has 0 aliphatic carbocycles. The molecule has 1 heterocycles. The summed E-state index contributed by atoms with van der Waals surface area (Å²) in [6.07, 6.45) is 1.47. The van der Waals surface area contributed by atoms with Crippen molar-refractivity contribution in [2.24, 2.45) is 4.99 Å². The second-order valence-electron chi connectivity index (χ2n) is 1.77. The van der Waals surface area contributed by atoms with E-state index in [9.17, 15) is 4.79 Å². The molecule has 0 bridgehead atoms. The van der Waals surface area contributed by atoms with Gasteiger partial charge in [-0.2, -0.15) is 4.99 Å². The maximum Gasteiger partial charge on any atom is 0.235 e. The number of hydrogen-bond acceptors (Lipinski definition) is 4. The Balaban J connectivity index is 2.66. The summed E-state index contributed by atoms with van der Waals surface area (Å²) in [6, 6.07) is 0. The second kappa shape index (κ2) is 3.25. The molecule has 0 aromatic carbocycles. The minimum atomic E-state index is 0.355. The Kier molecular flexibility index (Phi) is 2.31. The molecule has 1 rings (SSSR count). The summed E-state index contributed by atoms with van der Waals surface area (Å²) >= 11 is 1.55. The fourth-order valence-electron chi connectivity index (χ4n) is 0.594. The zero-order valence-corrected chi connectivity index (χ0v) is 6.31. The van der Waals surface area contributed by atoms with Gasteiger partial charge >= 0.3 is 0 Å². The van der Waals surface area contributed by atoms with Crippen LogP contribution < -0.4 is 0 Å². The Morgan fingerprint density at radius 2 is 2.70 bits per heavy atom. The number of thiazole rings is 1. The van der Waals surface area contributed by atoms with Gasteiger partial charge in [-0.25, -0.2) is 9.78 Å². The maximum atomic E-state index is 9.67. The number of aryl methyl sites for hydroxylation is 1. The van der Waals surface area contributed by atoms with Gasteiger partial charge in [-0.1, -0.05) is 0 Å².